The van der Waals surface area contributed by atoms with Gasteiger partial charge in [0.05, 0.1) is 0 Å². The largest absolute Gasteiger partial charge is 0.480 e. The highest BCUT2D eigenvalue weighted by atomic mass is 16.4. The summed E-state index contributed by atoms with van der Waals surface area (Å²) in [5, 5.41) is 11.7. The molecule has 0 aliphatic rings. The molecule has 0 aromatic heterocycles. The summed E-state index contributed by atoms with van der Waals surface area (Å²) in [5.41, 5.74) is 0. The van der Waals surface area contributed by atoms with E-state index < -0.39 is 12.0 Å². The van der Waals surface area contributed by atoms with Gasteiger partial charge in [-0.2, -0.15) is 0 Å². The van der Waals surface area contributed by atoms with Crippen LogP contribution < -0.4 is 5.32 Å². The molecule has 0 fully saturated rings. The summed E-state index contributed by atoms with van der Waals surface area (Å²) in [4.78, 5) is 24.9. The number of nitrogens with one attached hydrogen (secondary N) is 1. The molecule has 112 valence electrons. The average Bonchev–Trinajstić information content (AvgIpc) is 2.25. The van der Waals surface area contributed by atoms with Crippen molar-refractivity contribution in [3.63, 3.8) is 0 Å². The zero-order valence-electron chi connectivity index (χ0n) is 12.8. The summed E-state index contributed by atoms with van der Waals surface area (Å²) in [6.45, 7) is 11.4. The lowest BCUT2D eigenvalue weighted by Crippen LogP contribution is -2.49. The number of carboxylic acid groups (broad SMARTS) is 1. The van der Waals surface area contributed by atoms with E-state index in [2.05, 4.69) is 5.32 Å². The fraction of sp³-hybridized carbons (Fsp3) is 0.857. The van der Waals surface area contributed by atoms with Crippen LogP contribution in [0, 0.1) is 11.8 Å². The van der Waals surface area contributed by atoms with Crippen molar-refractivity contribution in [1.82, 2.24) is 10.2 Å². The third-order valence-corrected chi connectivity index (χ3v) is 2.63. The van der Waals surface area contributed by atoms with Crippen LogP contribution >= 0.6 is 0 Å². The summed E-state index contributed by atoms with van der Waals surface area (Å²) in [6, 6.07) is -1.07. The second-order valence-electron chi connectivity index (χ2n) is 5.82. The molecular formula is C14H28N2O3. The number of carbonyl (C=O) groups is 2. The molecule has 19 heavy (non-hydrogen) atoms. The van der Waals surface area contributed by atoms with Gasteiger partial charge in [-0.05, 0) is 18.3 Å². The smallest absolute Gasteiger partial charge is 0.326 e. The zero-order chi connectivity index (χ0) is 15.0. The minimum atomic E-state index is -0.968. The lowest BCUT2D eigenvalue weighted by Gasteiger charge is -2.28. The van der Waals surface area contributed by atoms with Crippen molar-refractivity contribution < 1.29 is 14.7 Å². The Hall–Kier alpha value is -1.26. The van der Waals surface area contributed by atoms with E-state index in [0.717, 1.165) is 6.42 Å². The Labute approximate surface area is 116 Å². The molecule has 0 radical (unpaired) electrons. The number of hydrogen-bond donors (Lipinski definition) is 2. The summed E-state index contributed by atoms with van der Waals surface area (Å²) in [7, 11) is 0. The molecule has 2 amide bonds. The van der Waals surface area contributed by atoms with Crippen LogP contribution in [0.4, 0.5) is 4.79 Å². The van der Waals surface area contributed by atoms with E-state index in [1.54, 1.807) is 4.90 Å². The third-order valence-electron chi connectivity index (χ3n) is 2.63. The van der Waals surface area contributed by atoms with E-state index in [0.29, 0.717) is 31.3 Å². The SMILES string of the molecule is CCC[C@H](NC(=O)N(CC(C)C)CC(C)C)C(=O)O. The standard InChI is InChI=1S/C14H28N2O3/c1-6-7-12(13(17)18)15-14(19)16(8-10(2)3)9-11(4)5/h10-12H,6-9H2,1-5H3,(H,15,19)(H,17,18)/t12-/m0/s1. The van der Waals surface area contributed by atoms with Crippen LogP contribution in [0.15, 0.2) is 0 Å². The van der Waals surface area contributed by atoms with Gasteiger partial charge in [0.25, 0.3) is 0 Å². The van der Waals surface area contributed by atoms with Crippen molar-refractivity contribution in [2.45, 2.75) is 53.5 Å². The molecule has 0 unspecified atom stereocenters. The van der Waals surface area contributed by atoms with Gasteiger partial charge in [-0.15, -0.1) is 0 Å². The van der Waals surface area contributed by atoms with Crippen LogP contribution in [0.3, 0.4) is 0 Å². The van der Waals surface area contributed by atoms with E-state index in [4.69, 9.17) is 5.11 Å². The van der Waals surface area contributed by atoms with Crippen LogP contribution in [-0.4, -0.2) is 41.1 Å². The Bertz CT molecular complexity index is 280. The first-order valence-corrected chi connectivity index (χ1v) is 7.06. The van der Waals surface area contributed by atoms with Gasteiger partial charge < -0.3 is 15.3 Å². The predicted molar refractivity (Wildman–Crippen MR) is 76.1 cm³/mol. The van der Waals surface area contributed by atoms with Gasteiger partial charge in [0.2, 0.25) is 0 Å². The molecule has 0 saturated heterocycles. The first kappa shape index (κ1) is 17.7. The quantitative estimate of drug-likeness (QED) is 0.713. The number of hydrogen-bond acceptors (Lipinski definition) is 2. The van der Waals surface area contributed by atoms with E-state index in [1.807, 2.05) is 34.6 Å². The molecule has 0 aromatic carbocycles. The second kappa shape index (κ2) is 8.77. The Morgan fingerprint density at radius 3 is 1.89 bits per heavy atom. The predicted octanol–water partition coefficient (Wildman–Crippen LogP) is 2.56. The van der Waals surface area contributed by atoms with Gasteiger partial charge in [0.1, 0.15) is 6.04 Å². The lowest BCUT2D eigenvalue weighted by molar-refractivity contribution is -0.139. The van der Waals surface area contributed by atoms with Gasteiger partial charge in [-0.3, -0.25) is 0 Å². The van der Waals surface area contributed by atoms with Crippen LogP contribution in [-0.2, 0) is 4.79 Å². The highest BCUT2D eigenvalue weighted by Crippen LogP contribution is 2.06. The first-order valence-electron chi connectivity index (χ1n) is 7.06. The van der Waals surface area contributed by atoms with Crippen molar-refractivity contribution in [2.24, 2.45) is 11.8 Å². The van der Waals surface area contributed by atoms with Crippen LogP contribution in [0.1, 0.15) is 47.5 Å². The van der Waals surface area contributed by atoms with E-state index in [-0.39, 0.29) is 6.03 Å². The van der Waals surface area contributed by atoms with Gasteiger partial charge in [0.15, 0.2) is 0 Å². The summed E-state index contributed by atoms with van der Waals surface area (Å²) in [5.74, 6) is -0.248. The molecular weight excluding hydrogens is 244 g/mol. The van der Waals surface area contributed by atoms with Gasteiger partial charge in [0, 0.05) is 13.1 Å². The number of carboxylic acids is 1. The average molecular weight is 272 g/mol. The Morgan fingerprint density at radius 2 is 1.58 bits per heavy atom. The second-order valence-corrected chi connectivity index (χ2v) is 5.82. The molecule has 0 saturated carbocycles. The maximum atomic E-state index is 12.2. The Kier molecular flexibility index (Phi) is 8.19. The van der Waals surface area contributed by atoms with Crippen molar-refractivity contribution in [2.75, 3.05) is 13.1 Å². The van der Waals surface area contributed by atoms with Crippen LogP contribution in [0.25, 0.3) is 0 Å². The van der Waals surface area contributed by atoms with Crippen molar-refractivity contribution in [1.29, 1.82) is 0 Å². The Morgan fingerprint density at radius 1 is 1.11 bits per heavy atom. The Balaban J connectivity index is 4.63. The molecule has 0 aromatic rings. The monoisotopic (exact) mass is 272 g/mol. The normalized spacial score (nSPS) is 12.6. The maximum absolute atomic E-state index is 12.2. The molecule has 2 N–H and O–H groups in total. The summed E-state index contributed by atoms with van der Waals surface area (Å²) >= 11 is 0. The lowest BCUT2D eigenvalue weighted by atomic mass is 10.1. The molecule has 0 aliphatic carbocycles. The van der Waals surface area contributed by atoms with E-state index in [1.165, 1.54) is 0 Å². The van der Waals surface area contributed by atoms with Gasteiger partial charge in [-0.25, -0.2) is 9.59 Å². The molecule has 0 aliphatic heterocycles. The van der Waals surface area contributed by atoms with Crippen molar-refractivity contribution in [3.05, 3.63) is 0 Å². The maximum Gasteiger partial charge on any atom is 0.326 e. The van der Waals surface area contributed by atoms with Crippen molar-refractivity contribution in [3.8, 4) is 0 Å². The molecule has 0 heterocycles. The fourth-order valence-corrected chi connectivity index (χ4v) is 1.91. The molecule has 5 nitrogen and oxygen atoms in total. The summed E-state index contributed by atoms with van der Waals surface area (Å²) < 4.78 is 0. The van der Waals surface area contributed by atoms with E-state index in [9.17, 15) is 9.59 Å². The molecule has 0 bridgehead atoms. The molecule has 1 atom stereocenters. The molecule has 0 spiro atoms. The highest BCUT2D eigenvalue weighted by molar-refractivity contribution is 5.82. The number of aliphatic carboxylic acids is 1. The fourth-order valence-electron chi connectivity index (χ4n) is 1.91. The topological polar surface area (TPSA) is 69.6 Å². The number of urea groups is 1. The summed E-state index contributed by atoms with van der Waals surface area (Å²) in [6.07, 6.45) is 1.18. The number of carbonyl (C=O) groups excluding carboxylic acids is 1. The highest BCUT2D eigenvalue weighted by Gasteiger charge is 2.23. The van der Waals surface area contributed by atoms with E-state index >= 15 is 0 Å². The number of rotatable bonds is 8. The minimum absolute atomic E-state index is 0.275. The van der Waals surface area contributed by atoms with Crippen molar-refractivity contribution >= 4 is 12.0 Å². The third kappa shape index (κ3) is 7.70. The molecule has 0 rings (SSSR count). The van der Waals surface area contributed by atoms with Crippen LogP contribution in [0.5, 0.6) is 0 Å². The van der Waals surface area contributed by atoms with Gasteiger partial charge >= 0.3 is 12.0 Å². The number of amides is 2. The van der Waals surface area contributed by atoms with Crippen LogP contribution in [0.2, 0.25) is 0 Å². The van der Waals surface area contributed by atoms with Gasteiger partial charge in [-0.1, -0.05) is 41.0 Å². The zero-order valence-corrected chi connectivity index (χ0v) is 12.8. The minimum Gasteiger partial charge on any atom is -0.480 e. The first-order chi connectivity index (χ1) is 8.77. The number of nitrogens with zero attached hydrogens (tertiary/aromatic N) is 1. The molecule has 5 heteroatoms.